The van der Waals surface area contributed by atoms with E-state index in [0.717, 1.165) is 16.3 Å². The monoisotopic (exact) mass is 266 g/mol. The first-order valence-corrected chi connectivity index (χ1v) is 6.41. The molecule has 3 heteroatoms. The summed E-state index contributed by atoms with van der Waals surface area (Å²) in [4.78, 5) is 12.0. The molecule has 17 heavy (non-hydrogen) atoms. The number of hydrogen-bond donors (Lipinski definition) is 0. The van der Waals surface area contributed by atoms with Gasteiger partial charge in [0.1, 0.15) is 0 Å². The molecule has 88 valence electrons. The van der Waals surface area contributed by atoms with Gasteiger partial charge in [0.15, 0.2) is 5.78 Å². The lowest BCUT2D eigenvalue weighted by molar-refractivity contribution is 0.0983. The minimum absolute atomic E-state index is 0.124. The van der Waals surface area contributed by atoms with Crippen LogP contribution in [0.2, 0.25) is 5.02 Å². The minimum Gasteiger partial charge on any atom is -0.294 e. The summed E-state index contributed by atoms with van der Waals surface area (Å²) in [6.45, 7) is 0. The molecule has 0 bridgehead atoms. The molecule has 2 aromatic rings. The van der Waals surface area contributed by atoms with Gasteiger partial charge in [-0.15, -0.1) is 11.6 Å². The van der Waals surface area contributed by atoms with Crippen LogP contribution in [0.25, 0.3) is 10.8 Å². The lowest BCUT2D eigenvalue weighted by Gasteiger charge is -2.06. The van der Waals surface area contributed by atoms with Gasteiger partial charge in [0.05, 0.1) is 0 Å². The van der Waals surface area contributed by atoms with Gasteiger partial charge < -0.3 is 0 Å². The van der Waals surface area contributed by atoms with E-state index < -0.39 is 0 Å². The van der Waals surface area contributed by atoms with E-state index in [4.69, 9.17) is 23.2 Å². The third-order valence-electron chi connectivity index (χ3n) is 2.71. The first-order chi connectivity index (χ1) is 8.24. The number of alkyl halides is 1. The zero-order chi connectivity index (χ0) is 12.3. The highest BCUT2D eigenvalue weighted by atomic mass is 35.5. The summed E-state index contributed by atoms with van der Waals surface area (Å²) in [5, 5.41) is 2.51. The van der Waals surface area contributed by atoms with Crippen LogP contribution in [0, 0.1) is 0 Å². The van der Waals surface area contributed by atoms with Crippen LogP contribution in [0.1, 0.15) is 23.2 Å². The summed E-state index contributed by atoms with van der Waals surface area (Å²) in [5.74, 6) is 0.635. The molecular weight excluding hydrogens is 255 g/mol. The van der Waals surface area contributed by atoms with E-state index in [1.807, 2.05) is 24.3 Å². The smallest absolute Gasteiger partial charge is 0.163 e. The number of Topliss-reactive ketones (excluding diaryl/α,β-unsaturated/α-hetero) is 1. The Bertz CT molecular complexity index is 549. The van der Waals surface area contributed by atoms with E-state index in [-0.39, 0.29) is 5.78 Å². The quantitative estimate of drug-likeness (QED) is 0.580. The molecule has 0 saturated heterocycles. The van der Waals surface area contributed by atoms with Crippen molar-refractivity contribution in [2.75, 3.05) is 5.88 Å². The van der Waals surface area contributed by atoms with Crippen LogP contribution >= 0.6 is 23.2 Å². The Labute approximate surface area is 110 Å². The van der Waals surface area contributed by atoms with Gasteiger partial charge in [0.25, 0.3) is 0 Å². The highest BCUT2D eigenvalue weighted by molar-refractivity contribution is 6.36. The van der Waals surface area contributed by atoms with Crippen molar-refractivity contribution in [2.45, 2.75) is 12.8 Å². The van der Waals surface area contributed by atoms with Crippen LogP contribution in [0.3, 0.4) is 0 Å². The third-order valence-corrected chi connectivity index (χ3v) is 3.31. The molecule has 1 nitrogen and oxygen atoms in total. The van der Waals surface area contributed by atoms with Crippen molar-refractivity contribution in [3.63, 3.8) is 0 Å². The molecule has 2 aromatic carbocycles. The second-order valence-corrected chi connectivity index (χ2v) is 4.64. The first-order valence-electron chi connectivity index (χ1n) is 5.50. The Morgan fingerprint density at radius 2 is 1.76 bits per heavy atom. The van der Waals surface area contributed by atoms with E-state index >= 15 is 0 Å². The van der Waals surface area contributed by atoms with Crippen molar-refractivity contribution >= 4 is 39.8 Å². The number of hydrogen-bond acceptors (Lipinski definition) is 1. The summed E-state index contributed by atoms with van der Waals surface area (Å²) < 4.78 is 0. The van der Waals surface area contributed by atoms with Crippen LogP contribution in [0.4, 0.5) is 0 Å². The maximum absolute atomic E-state index is 12.0. The van der Waals surface area contributed by atoms with Crippen LogP contribution in [0.5, 0.6) is 0 Å². The van der Waals surface area contributed by atoms with Crippen molar-refractivity contribution < 1.29 is 4.79 Å². The Balaban J connectivity index is 2.48. The van der Waals surface area contributed by atoms with Crippen molar-refractivity contribution in [1.29, 1.82) is 0 Å². The second kappa shape index (κ2) is 5.52. The Hall–Kier alpha value is -1.05. The van der Waals surface area contributed by atoms with Crippen LogP contribution in [-0.2, 0) is 0 Å². The molecule has 0 saturated carbocycles. The maximum Gasteiger partial charge on any atom is 0.163 e. The number of ketones is 1. The molecule has 0 atom stereocenters. The lowest BCUT2D eigenvalue weighted by atomic mass is 9.99. The fraction of sp³-hybridized carbons (Fsp3) is 0.214. The standard InChI is InChI=1S/C14H12Cl2O/c15-9-3-6-14(17)12-7-8-13(16)11-5-2-1-4-10(11)12/h1-2,4-5,7-8H,3,6,9H2. The number of benzene rings is 2. The summed E-state index contributed by atoms with van der Waals surface area (Å²) in [5.41, 5.74) is 0.732. The maximum atomic E-state index is 12.0. The van der Waals surface area contributed by atoms with E-state index in [0.29, 0.717) is 23.7 Å². The first kappa shape index (κ1) is 12.4. The summed E-state index contributed by atoms with van der Waals surface area (Å²) >= 11 is 11.7. The predicted molar refractivity (Wildman–Crippen MR) is 73.2 cm³/mol. The molecule has 0 aliphatic heterocycles. The molecule has 0 fully saturated rings. The highest BCUT2D eigenvalue weighted by Crippen LogP contribution is 2.27. The van der Waals surface area contributed by atoms with Gasteiger partial charge in [0, 0.05) is 28.3 Å². The lowest BCUT2D eigenvalue weighted by Crippen LogP contribution is -2.00. The molecule has 0 N–H and O–H groups in total. The van der Waals surface area contributed by atoms with E-state index in [2.05, 4.69) is 0 Å². The van der Waals surface area contributed by atoms with Crippen LogP contribution < -0.4 is 0 Å². The molecule has 0 aliphatic carbocycles. The zero-order valence-electron chi connectivity index (χ0n) is 9.25. The zero-order valence-corrected chi connectivity index (χ0v) is 10.8. The summed E-state index contributed by atoms with van der Waals surface area (Å²) in [6, 6.07) is 11.3. The molecule has 0 heterocycles. The van der Waals surface area contributed by atoms with E-state index in [1.165, 1.54) is 0 Å². The van der Waals surface area contributed by atoms with Crippen molar-refractivity contribution in [2.24, 2.45) is 0 Å². The number of fused-ring (bicyclic) bond motifs is 1. The average Bonchev–Trinajstić information content (AvgIpc) is 2.37. The molecule has 0 aliphatic rings. The minimum atomic E-state index is 0.124. The molecule has 0 radical (unpaired) electrons. The van der Waals surface area contributed by atoms with Crippen LogP contribution in [-0.4, -0.2) is 11.7 Å². The Morgan fingerprint density at radius 1 is 1.06 bits per heavy atom. The number of rotatable bonds is 4. The molecule has 0 unspecified atom stereocenters. The van der Waals surface area contributed by atoms with Crippen molar-refractivity contribution in [3.8, 4) is 0 Å². The van der Waals surface area contributed by atoms with Gasteiger partial charge in [-0.1, -0.05) is 35.9 Å². The van der Waals surface area contributed by atoms with Crippen molar-refractivity contribution in [1.82, 2.24) is 0 Å². The number of carbonyl (C=O) groups is 1. The molecule has 2 rings (SSSR count). The predicted octanol–water partition coefficient (Wildman–Crippen LogP) is 4.69. The van der Waals surface area contributed by atoms with E-state index in [9.17, 15) is 4.79 Å². The van der Waals surface area contributed by atoms with Crippen molar-refractivity contribution in [3.05, 3.63) is 47.0 Å². The largest absolute Gasteiger partial charge is 0.294 e. The van der Waals surface area contributed by atoms with Crippen LogP contribution in [0.15, 0.2) is 36.4 Å². The van der Waals surface area contributed by atoms with Gasteiger partial charge in [-0.2, -0.15) is 0 Å². The highest BCUT2D eigenvalue weighted by Gasteiger charge is 2.10. The molecule has 0 amide bonds. The SMILES string of the molecule is O=C(CCCCl)c1ccc(Cl)c2ccccc12. The fourth-order valence-electron chi connectivity index (χ4n) is 1.87. The fourth-order valence-corrected chi connectivity index (χ4v) is 2.23. The Morgan fingerprint density at radius 3 is 2.47 bits per heavy atom. The van der Waals surface area contributed by atoms with Gasteiger partial charge in [0.2, 0.25) is 0 Å². The van der Waals surface area contributed by atoms with Gasteiger partial charge in [-0.3, -0.25) is 4.79 Å². The summed E-state index contributed by atoms with van der Waals surface area (Å²) in [6.07, 6.45) is 1.19. The normalized spacial score (nSPS) is 10.7. The summed E-state index contributed by atoms with van der Waals surface area (Å²) in [7, 11) is 0. The molecule has 0 spiro atoms. The number of carbonyl (C=O) groups excluding carboxylic acids is 1. The molecular formula is C14H12Cl2O. The van der Waals surface area contributed by atoms with E-state index in [1.54, 1.807) is 12.1 Å². The second-order valence-electron chi connectivity index (χ2n) is 3.86. The number of halogens is 2. The average molecular weight is 267 g/mol. The van der Waals surface area contributed by atoms with Gasteiger partial charge in [-0.25, -0.2) is 0 Å². The Kier molecular flexibility index (Phi) is 4.03. The molecule has 0 aromatic heterocycles. The topological polar surface area (TPSA) is 17.1 Å². The van der Waals surface area contributed by atoms with Gasteiger partial charge in [-0.05, 0) is 23.9 Å². The van der Waals surface area contributed by atoms with Gasteiger partial charge >= 0.3 is 0 Å². The third kappa shape index (κ3) is 2.62.